The van der Waals surface area contributed by atoms with Crippen LogP contribution in [0.2, 0.25) is 0 Å². The van der Waals surface area contributed by atoms with E-state index >= 15 is 0 Å². The van der Waals surface area contributed by atoms with E-state index in [4.69, 9.17) is 4.74 Å². The van der Waals surface area contributed by atoms with Gasteiger partial charge in [0.1, 0.15) is 11.5 Å². The minimum absolute atomic E-state index is 0. The fraction of sp³-hybridized carbons (Fsp3) is 0.520. The summed E-state index contributed by atoms with van der Waals surface area (Å²) in [7, 11) is 2.19. The third kappa shape index (κ3) is 6.84. The molecule has 1 aliphatic carbocycles. The second-order valence-corrected chi connectivity index (χ2v) is 8.81. The summed E-state index contributed by atoms with van der Waals surface area (Å²) in [6, 6.07) is 18.3. The highest BCUT2D eigenvalue weighted by Gasteiger charge is 2.40. The van der Waals surface area contributed by atoms with Crippen LogP contribution in [0.15, 0.2) is 54.6 Å². The molecule has 1 saturated heterocycles. The van der Waals surface area contributed by atoms with Gasteiger partial charge < -0.3 is 19.6 Å². The molecular formula is C25H36Cl2N2O2. The zero-order valence-corrected chi connectivity index (χ0v) is 20.0. The van der Waals surface area contributed by atoms with Crippen LogP contribution in [0.3, 0.4) is 0 Å². The van der Waals surface area contributed by atoms with Crippen LogP contribution in [0, 0.1) is 0 Å². The first kappa shape index (κ1) is 26.0. The zero-order valence-electron chi connectivity index (χ0n) is 18.4. The van der Waals surface area contributed by atoms with Gasteiger partial charge in [-0.15, -0.1) is 24.8 Å². The lowest BCUT2D eigenvalue weighted by molar-refractivity contribution is -0.0337. The smallest absolute Gasteiger partial charge is 0.127 e. The normalized spacial score (nSPS) is 20.2. The molecule has 4 rings (SSSR count). The van der Waals surface area contributed by atoms with Gasteiger partial charge in [-0.05, 0) is 49.7 Å². The number of ether oxygens (including phenoxy) is 1. The lowest BCUT2D eigenvalue weighted by Gasteiger charge is -2.43. The van der Waals surface area contributed by atoms with Gasteiger partial charge in [0.05, 0.1) is 5.60 Å². The fourth-order valence-corrected chi connectivity index (χ4v) is 4.81. The molecule has 0 bridgehead atoms. The second kappa shape index (κ2) is 12.1. The summed E-state index contributed by atoms with van der Waals surface area (Å²) in [5.41, 5.74) is 0.578. The Balaban J connectivity index is 0.00000171. The average molecular weight is 467 g/mol. The lowest BCUT2D eigenvalue weighted by atomic mass is 9.72. The van der Waals surface area contributed by atoms with Crippen LogP contribution >= 0.6 is 24.8 Å². The molecule has 0 spiro atoms. The monoisotopic (exact) mass is 466 g/mol. The summed E-state index contributed by atoms with van der Waals surface area (Å²) in [5, 5.41) is 11.7. The molecule has 31 heavy (non-hydrogen) atoms. The second-order valence-electron chi connectivity index (χ2n) is 8.81. The van der Waals surface area contributed by atoms with Crippen molar-refractivity contribution >= 4 is 24.8 Å². The molecule has 1 atom stereocenters. The van der Waals surface area contributed by atoms with Gasteiger partial charge in [0.15, 0.2) is 0 Å². The highest BCUT2D eigenvalue weighted by molar-refractivity contribution is 5.85. The molecule has 0 aromatic heterocycles. The number of para-hydroxylation sites is 1. The number of piperazine rings is 1. The summed E-state index contributed by atoms with van der Waals surface area (Å²) in [4.78, 5) is 4.91. The van der Waals surface area contributed by atoms with Gasteiger partial charge >= 0.3 is 0 Å². The highest BCUT2D eigenvalue weighted by Crippen LogP contribution is 2.41. The third-order valence-electron chi connectivity index (χ3n) is 6.64. The van der Waals surface area contributed by atoms with Crippen molar-refractivity contribution < 1.29 is 9.84 Å². The van der Waals surface area contributed by atoms with Crippen LogP contribution in [0.1, 0.15) is 43.6 Å². The maximum Gasteiger partial charge on any atom is 0.127 e. The van der Waals surface area contributed by atoms with E-state index in [0.717, 1.165) is 69.9 Å². The Bertz CT molecular complexity index is 776. The largest absolute Gasteiger partial charge is 0.457 e. The molecule has 172 valence electrons. The zero-order chi connectivity index (χ0) is 20.1. The minimum Gasteiger partial charge on any atom is -0.457 e. The van der Waals surface area contributed by atoms with Gasteiger partial charge in [-0.1, -0.05) is 49.6 Å². The molecule has 1 unspecified atom stereocenters. The number of hydrogen-bond donors (Lipinski definition) is 1. The van der Waals surface area contributed by atoms with E-state index in [0.29, 0.717) is 0 Å². The van der Waals surface area contributed by atoms with Gasteiger partial charge in [-0.2, -0.15) is 0 Å². The number of rotatable bonds is 6. The molecule has 1 aliphatic heterocycles. The Kier molecular flexibility index (Phi) is 10.1. The number of halogens is 2. The Hall–Kier alpha value is -1.30. The predicted molar refractivity (Wildman–Crippen MR) is 132 cm³/mol. The molecule has 2 aliphatic rings. The Morgan fingerprint density at radius 1 is 0.871 bits per heavy atom. The third-order valence-corrected chi connectivity index (χ3v) is 6.64. The molecule has 2 fully saturated rings. The standard InChI is InChI=1S/C25H34N2O2.2ClH/c1-26-15-17-27(18-16-26)20-24(25(28)13-6-3-7-14-25)21-9-8-12-23(19-21)29-22-10-4-2-5-11-22;;/h2,4-5,8-12,19,24,28H,3,6-7,13-18,20H2,1H3;2*1H. The summed E-state index contributed by atoms with van der Waals surface area (Å²) >= 11 is 0. The highest BCUT2D eigenvalue weighted by atomic mass is 35.5. The van der Waals surface area contributed by atoms with Gasteiger partial charge in [-0.3, -0.25) is 0 Å². The quantitative estimate of drug-likeness (QED) is 0.622. The molecule has 0 amide bonds. The van der Waals surface area contributed by atoms with Crippen molar-refractivity contribution in [2.24, 2.45) is 0 Å². The molecule has 1 N–H and O–H groups in total. The van der Waals surface area contributed by atoms with Crippen LogP contribution in [-0.2, 0) is 0 Å². The van der Waals surface area contributed by atoms with Crippen molar-refractivity contribution in [1.29, 1.82) is 0 Å². The molecular weight excluding hydrogens is 431 g/mol. The number of benzene rings is 2. The van der Waals surface area contributed by atoms with E-state index in [1.54, 1.807) is 0 Å². The van der Waals surface area contributed by atoms with Gasteiger partial charge in [-0.25, -0.2) is 0 Å². The lowest BCUT2D eigenvalue weighted by Crippen LogP contribution is -2.50. The number of likely N-dealkylation sites (N-methyl/N-ethyl adjacent to an activating group) is 1. The Morgan fingerprint density at radius 2 is 1.52 bits per heavy atom. The van der Waals surface area contributed by atoms with Crippen LogP contribution in [0.4, 0.5) is 0 Å². The first-order chi connectivity index (χ1) is 14.1. The van der Waals surface area contributed by atoms with Crippen molar-refractivity contribution in [3.63, 3.8) is 0 Å². The topological polar surface area (TPSA) is 35.9 Å². The number of aliphatic hydroxyl groups is 1. The Morgan fingerprint density at radius 3 is 2.19 bits per heavy atom. The Labute approximate surface area is 199 Å². The molecule has 1 heterocycles. The minimum atomic E-state index is -0.618. The maximum absolute atomic E-state index is 11.7. The van der Waals surface area contributed by atoms with E-state index in [2.05, 4.69) is 35.0 Å². The first-order valence-corrected chi connectivity index (χ1v) is 11.1. The first-order valence-electron chi connectivity index (χ1n) is 11.1. The summed E-state index contributed by atoms with van der Waals surface area (Å²) in [6.07, 6.45) is 5.27. The van der Waals surface area contributed by atoms with Crippen molar-refractivity contribution in [1.82, 2.24) is 9.80 Å². The van der Waals surface area contributed by atoms with E-state index in [9.17, 15) is 5.11 Å². The van der Waals surface area contributed by atoms with Crippen LogP contribution in [0.5, 0.6) is 11.5 Å². The van der Waals surface area contributed by atoms with Gasteiger partial charge in [0.2, 0.25) is 0 Å². The molecule has 2 aromatic carbocycles. The SMILES string of the molecule is CN1CCN(CC(c2cccc(Oc3ccccc3)c2)C2(O)CCCCC2)CC1.Cl.Cl. The van der Waals surface area contributed by atoms with E-state index in [-0.39, 0.29) is 30.7 Å². The molecule has 2 aromatic rings. The maximum atomic E-state index is 11.7. The van der Waals surface area contributed by atoms with Crippen LogP contribution in [0.25, 0.3) is 0 Å². The van der Waals surface area contributed by atoms with Crippen molar-refractivity contribution in [3.05, 3.63) is 60.2 Å². The van der Waals surface area contributed by atoms with Crippen molar-refractivity contribution in [2.45, 2.75) is 43.6 Å². The molecule has 4 nitrogen and oxygen atoms in total. The van der Waals surface area contributed by atoms with Gasteiger partial charge in [0.25, 0.3) is 0 Å². The van der Waals surface area contributed by atoms with Crippen molar-refractivity contribution in [3.8, 4) is 11.5 Å². The van der Waals surface area contributed by atoms with E-state index in [1.165, 1.54) is 12.0 Å². The number of nitrogens with zero attached hydrogens (tertiary/aromatic N) is 2. The average Bonchev–Trinajstić information content (AvgIpc) is 2.75. The predicted octanol–water partition coefficient (Wildman–Crippen LogP) is 5.35. The molecule has 1 saturated carbocycles. The van der Waals surface area contributed by atoms with Crippen LogP contribution < -0.4 is 4.74 Å². The number of hydrogen-bond acceptors (Lipinski definition) is 4. The summed E-state index contributed by atoms with van der Waals surface area (Å²) < 4.78 is 6.09. The van der Waals surface area contributed by atoms with Gasteiger partial charge in [0, 0.05) is 38.6 Å². The fourth-order valence-electron chi connectivity index (χ4n) is 4.81. The van der Waals surface area contributed by atoms with E-state index in [1.807, 2.05) is 36.4 Å². The molecule has 0 radical (unpaired) electrons. The summed E-state index contributed by atoms with van der Waals surface area (Å²) in [6.45, 7) is 5.26. The summed E-state index contributed by atoms with van der Waals surface area (Å²) in [5.74, 6) is 1.80. The van der Waals surface area contributed by atoms with Crippen molar-refractivity contribution in [2.75, 3.05) is 39.8 Å². The van der Waals surface area contributed by atoms with E-state index < -0.39 is 5.60 Å². The van der Waals surface area contributed by atoms with Crippen LogP contribution in [-0.4, -0.2) is 60.3 Å². The molecule has 6 heteroatoms.